The van der Waals surface area contributed by atoms with Gasteiger partial charge in [0.15, 0.2) is 0 Å². The van der Waals surface area contributed by atoms with E-state index < -0.39 is 11.8 Å². The number of halogens is 2. The van der Waals surface area contributed by atoms with E-state index in [1.807, 2.05) is 6.92 Å². The molecule has 2 N–H and O–H groups in total. The summed E-state index contributed by atoms with van der Waals surface area (Å²) in [6, 6.07) is 9.56. The van der Waals surface area contributed by atoms with Gasteiger partial charge in [-0.05, 0) is 53.2 Å². The first-order valence-electron chi connectivity index (χ1n) is 5.53. The minimum Gasteiger partial charge on any atom is -0.478 e. The van der Waals surface area contributed by atoms with Crippen molar-refractivity contribution in [1.82, 2.24) is 0 Å². The Balaban J connectivity index is 2.37. The van der Waals surface area contributed by atoms with Crippen LogP contribution in [0.3, 0.4) is 0 Å². The maximum atomic E-state index is 13.4. The predicted molar refractivity (Wildman–Crippen MR) is 75.5 cm³/mol. The first kappa shape index (κ1) is 13.5. The van der Waals surface area contributed by atoms with Crippen LogP contribution < -0.4 is 5.32 Å². The third-order valence-corrected chi connectivity index (χ3v) is 3.25. The molecule has 0 heterocycles. The summed E-state index contributed by atoms with van der Waals surface area (Å²) >= 11 is 3.07. The average Bonchev–Trinajstić information content (AvgIpc) is 2.36. The van der Waals surface area contributed by atoms with Gasteiger partial charge in [0.2, 0.25) is 0 Å². The van der Waals surface area contributed by atoms with Crippen molar-refractivity contribution in [2.24, 2.45) is 0 Å². The summed E-state index contributed by atoms with van der Waals surface area (Å²) in [7, 11) is 0. The lowest BCUT2D eigenvalue weighted by Crippen LogP contribution is -2.03. The summed E-state index contributed by atoms with van der Waals surface area (Å²) in [5.41, 5.74) is 1.93. The van der Waals surface area contributed by atoms with Crippen LogP contribution in [0.2, 0.25) is 0 Å². The fourth-order valence-electron chi connectivity index (χ4n) is 1.67. The molecule has 5 heteroatoms. The molecule has 0 amide bonds. The van der Waals surface area contributed by atoms with Crippen LogP contribution in [0.5, 0.6) is 0 Å². The average molecular weight is 324 g/mol. The summed E-state index contributed by atoms with van der Waals surface area (Å²) < 4.78 is 13.8. The Morgan fingerprint density at radius 1 is 1.26 bits per heavy atom. The second-order valence-corrected chi connectivity index (χ2v) is 4.96. The van der Waals surface area contributed by atoms with Crippen molar-refractivity contribution >= 4 is 33.3 Å². The van der Waals surface area contributed by atoms with Crippen LogP contribution in [0, 0.1) is 12.7 Å². The fraction of sp³-hybridized carbons (Fsp3) is 0.0714. The molecule has 0 unspecified atom stereocenters. The first-order valence-corrected chi connectivity index (χ1v) is 6.32. The molecule has 0 aliphatic rings. The van der Waals surface area contributed by atoms with E-state index in [1.54, 1.807) is 30.3 Å². The molecule has 0 fully saturated rings. The van der Waals surface area contributed by atoms with Crippen LogP contribution in [0.1, 0.15) is 15.9 Å². The lowest BCUT2D eigenvalue weighted by atomic mass is 10.1. The van der Waals surface area contributed by atoms with E-state index in [0.717, 1.165) is 5.56 Å². The molecule has 0 saturated carbocycles. The van der Waals surface area contributed by atoms with Gasteiger partial charge in [0.05, 0.1) is 15.7 Å². The van der Waals surface area contributed by atoms with Gasteiger partial charge in [0, 0.05) is 5.69 Å². The van der Waals surface area contributed by atoms with Gasteiger partial charge >= 0.3 is 5.97 Å². The monoisotopic (exact) mass is 323 g/mol. The van der Waals surface area contributed by atoms with Crippen molar-refractivity contribution in [1.29, 1.82) is 0 Å². The largest absolute Gasteiger partial charge is 0.478 e. The van der Waals surface area contributed by atoms with Crippen LogP contribution in [0.15, 0.2) is 40.9 Å². The number of benzene rings is 2. The molecule has 0 bridgehead atoms. The van der Waals surface area contributed by atoms with Crippen molar-refractivity contribution in [3.63, 3.8) is 0 Å². The molecule has 2 aromatic carbocycles. The van der Waals surface area contributed by atoms with Crippen molar-refractivity contribution in [3.05, 3.63) is 57.8 Å². The molecular formula is C14H11BrFNO2. The molecular weight excluding hydrogens is 313 g/mol. The third kappa shape index (κ3) is 3.12. The molecule has 98 valence electrons. The summed E-state index contributed by atoms with van der Waals surface area (Å²) in [5, 5.41) is 12.1. The number of aromatic carboxylic acids is 1. The van der Waals surface area contributed by atoms with Gasteiger partial charge in [-0.15, -0.1) is 0 Å². The minimum atomic E-state index is -1.02. The zero-order valence-corrected chi connectivity index (χ0v) is 11.7. The number of anilines is 2. The van der Waals surface area contributed by atoms with E-state index in [4.69, 9.17) is 5.11 Å². The number of carboxylic acid groups (broad SMARTS) is 1. The molecule has 0 spiro atoms. The van der Waals surface area contributed by atoms with Gasteiger partial charge in [0.25, 0.3) is 0 Å². The van der Waals surface area contributed by atoms with Gasteiger partial charge in [-0.25, -0.2) is 9.18 Å². The maximum Gasteiger partial charge on any atom is 0.337 e. The van der Waals surface area contributed by atoms with Crippen LogP contribution >= 0.6 is 15.9 Å². The van der Waals surface area contributed by atoms with Crippen LogP contribution in [0.25, 0.3) is 0 Å². The van der Waals surface area contributed by atoms with Crippen molar-refractivity contribution < 1.29 is 14.3 Å². The lowest BCUT2D eigenvalue weighted by molar-refractivity contribution is 0.0698. The molecule has 0 aliphatic carbocycles. The smallest absolute Gasteiger partial charge is 0.337 e. The van der Waals surface area contributed by atoms with Gasteiger partial charge in [-0.3, -0.25) is 0 Å². The number of nitrogens with one attached hydrogen (secondary N) is 1. The topological polar surface area (TPSA) is 49.3 Å². The summed E-state index contributed by atoms with van der Waals surface area (Å²) in [5.74, 6) is -1.43. The summed E-state index contributed by atoms with van der Waals surface area (Å²) in [4.78, 5) is 11.2. The van der Waals surface area contributed by atoms with Gasteiger partial charge < -0.3 is 10.4 Å². The van der Waals surface area contributed by atoms with E-state index in [2.05, 4.69) is 21.2 Å². The highest BCUT2D eigenvalue weighted by atomic mass is 79.9. The summed E-state index contributed by atoms with van der Waals surface area (Å²) in [6.45, 7) is 1.81. The van der Waals surface area contributed by atoms with E-state index in [9.17, 15) is 9.18 Å². The maximum absolute atomic E-state index is 13.4. The van der Waals surface area contributed by atoms with E-state index in [-0.39, 0.29) is 5.56 Å². The second-order valence-electron chi connectivity index (χ2n) is 4.11. The van der Waals surface area contributed by atoms with Gasteiger partial charge in [-0.2, -0.15) is 0 Å². The number of carbonyl (C=O) groups is 1. The molecule has 3 nitrogen and oxygen atoms in total. The number of carboxylic acids is 1. The van der Waals surface area contributed by atoms with Crippen LogP contribution in [-0.2, 0) is 0 Å². The van der Waals surface area contributed by atoms with Crippen molar-refractivity contribution in [2.45, 2.75) is 6.92 Å². The number of hydrogen-bond donors (Lipinski definition) is 2. The normalized spacial score (nSPS) is 10.3. The van der Waals surface area contributed by atoms with Crippen molar-refractivity contribution in [3.8, 4) is 0 Å². The number of rotatable bonds is 3. The van der Waals surface area contributed by atoms with E-state index in [0.29, 0.717) is 15.8 Å². The Bertz CT molecular complexity index is 643. The second kappa shape index (κ2) is 5.40. The molecule has 2 rings (SSSR count). The molecule has 0 saturated heterocycles. The highest BCUT2D eigenvalue weighted by Gasteiger charge is 2.11. The number of hydrogen-bond acceptors (Lipinski definition) is 2. The van der Waals surface area contributed by atoms with E-state index in [1.165, 1.54) is 6.07 Å². The van der Waals surface area contributed by atoms with Crippen molar-refractivity contribution in [2.75, 3.05) is 5.32 Å². The predicted octanol–water partition coefficient (Wildman–Crippen LogP) is 4.34. The third-order valence-electron chi connectivity index (χ3n) is 2.60. The van der Waals surface area contributed by atoms with E-state index >= 15 is 0 Å². The lowest BCUT2D eigenvalue weighted by Gasteiger charge is -2.10. The Kier molecular flexibility index (Phi) is 3.85. The molecule has 0 atom stereocenters. The molecule has 2 aromatic rings. The summed E-state index contributed by atoms with van der Waals surface area (Å²) in [6.07, 6.45) is 0. The molecule has 19 heavy (non-hydrogen) atoms. The highest BCUT2D eigenvalue weighted by Crippen LogP contribution is 2.25. The minimum absolute atomic E-state index is 0.156. The van der Waals surface area contributed by atoms with Gasteiger partial charge in [0.1, 0.15) is 5.82 Å². The Morgan fingerprint density at radius 2 is 2.00 bits per heavy atom. The zero-order valence-electron chi connectivity index (χ0n) is 10.1. The van der Waals surface area contributed by atoms with Crippen LogP contribution in [0.4, 0.5) is 15.8 Å². The zero-order chi connectivity index (χ0) is 14.0. The Morgan fingerprint density at radius 3 is 2.63 bits per heavy atom. The molecule has 0 aromatic heterocycles. The SMILES string of the molecule is Cc1ccc(Nc2ccc(Br)c(F)c2)c(C(=O)O)c1. The number of aryl methyl sites for hydroxylation is 1. The highest BCUT2D eigenvalue weighted by molar-refractivity contribution is 9.10. The first-order chi connectivity index (χ1) is 8.97. The Hall–Kier alpha value is -1.88. The fourth-order valence-corrected chi connectivity index (χ4v) is 1.92. The van der Waals surface area contributed by atoms with Crippen LogP contribution in [-0.4, -0.2) is 11.1 Å². The quantitative estimate of drug-likeness (QED) is 0.883. The standard InChI is InChI=1S/C14H11BrFNO2/c1-8-2-5-13(10(6-8)14(18)19)17-9-3-4-11(15)12(16)7-9/h2-7,17H,1H3,(H,18,19). The molecule has 0 aliphatic heterocycles. The van der Waals surface area contributed by atoms with Gasteiger partial charge in [-0.1, -0.05) is 11.6 Å². The molecule has 0 radical (unpaired) electrons. The Labute approximate surface area is 118 Å².